The molecular weight excluding hydrogens is 262 g/mol. The average molecular weight is 285 g/mol. The van der Waals surface area contributed by atoms with E-state index in [1.165, 1.54) is 0 Å². The Hall–Kier alpha value is -1.01. The largest absolute Gasteiger partial charge is 0.480 e. The van der Waals surface area contributed by atoms with Crippen LogP contribution in [0.3, 0.4) is 0 Å². The number of aliphatic carboxylic acids is 1. The fourth-order valence-electron chi connectivity index (χ4n) is 2.10. The smallest absolute Gasteiger partial charge is 0.323 e. The van der Waals surface area contributed by atoms with Gasteiger partial charge in [-0.2, -0.15) is 5.10 Å². The summed E-state index contributed by atoms with van der Waals surface area (Å²) in [7, 11) is 1.89. The second-order valence-electron chi connectivity index (χ2n) is 4.57. The van der Waals surface area contributed by atoms with E-state index in [-0.39, 0.29) is 0 Å². The number of aromatic nitrogens is 2. The highest BCUT2D eigenvalue weighted by Gasteiger charge is 2.34. The van der Waals surface area contributed by atoms with Crippen LogP contribution in [-0.2, 0) is 11.8 Å². The van der Waals surface area contributed by atoms with Gasteiger partial charge in [-0.1, -0.05) is 13.8 Å². The number of nitrogens with one attached hydrogen (secondary N) is 1. The first kappa shape index (κ1) is 16.0. The molecule has 2 N–H and O–H groups in total. The van der Waals surface area contributed by atoms with Gasteiger partial charge in [-0.15, -0.1) is 11.8 Å². The number of thioether (sulfide) groups is 1. The topological polar surface area (TPSA) is 67.2 Å². The third kappa shape index (κ3) is 4.54. The number of hydrogen-bond acceptors (Lipinski definition) is 4. The second-order valence-corrected chi connectivity index (χ2v) is 5.74. The molecule has 5 nitrogen and oxygen atoms in total. The Kier molecular flexibility index (Phi) is 6.37. The molecule has 0 aliphatic heterocycles. The van der Waals surface area contributed by atoms with E-state index < -0.39 is 11.5 Å². The van der Waals surface area contributed by atoms with Gasteiger partial charge in [0.2, 0.25) is 0 Å². The highest BCUT2D eigenvalue weighted by molar-refractivity contribution is 7.99. The van der Waals surface area contributed by atoms with Crippen LogP contribution in [-0.4, -0.2) is 38.7 Å². The molecule has 0 saturated heterocycles. The molecule has 0 amide bonds. The zero-order valence-corrected chi connectivity index (χ0v) is 12.7. The van der Waals surface area contributed by atoms with Crippen LogP contribution in [0.5, 0.6) is 0 Å². The standard InChI is InChI=1S/C13H23N3O2S/c1-4-13(12(17)18,14-5-2)7-6-8-19-11-9-15-16(3)10-11/h9-10,14H,4-8H2,1-3H3,(H,17,18). The molecule has 1 aromatic heterocycles. The summed E-state index contributed by atoms with van der Waals surface area (Å²) < 4.78 is 1.77. The van der Waals surface area contributed by atoms with Crippen molar-refractivity contribution in [2.24, 2.45) is 7.05 Å². The van der Waals surface area contributed by atoms with Gasteiger partial charge in [0.1, 0.15) is 5.54 Å². The first-order chi connectivity index (χ1) is 9.04. The summed E-state index contributed by atoms with van der Waals surface area (Å²) in [5.41, 5.74) is -0.774. The monoisotopic (exact) mass is 285 g/mol. The van der Waals surface area contributed by atoms with Gasteiger partial charge in [0.05, 0.1) is 6.20 Å². The fraction of sp³-hybridized carbons (Fsp3) is 0.692. The van der Waals surface area contributed by atoms with Gasteiger partial charge in [0.15, 0.2) is 0 Å². The van der Waals surface area contributed by atoms with E-state index in [1.54, 1.807) is 16.4 Å². The molecule has 0 bridgehead atoms. The Morgan fingerprint density at radius 2 is 2.32 bits per heavy atom. The summed E-state index contributed by atoms with van der Waals surface area (Å²) in [5, 5.41) is 16.6. The third-order valence-electron chi connectivity index (χ3n) is 3.23. The highest BCUT2D eigenvalue weighted by atomic mass is 32.2. The molecule has 1 rings (SSSR count). The first-order valence-electron chi connectivity index (χ1n) is 6.64. The van der Waals surface area contributed by atoms with E-state index in [0.29, 0.717) is 19.4 Å². The van der Waals surface area contributed by atoms with Crippen molar-refractivity contribution in [3.8, 4) is 0 Å². The summed E-state index contributed by atoms with van der Waals surface area (Å²) in [5.74, 6) is 0.162. The second kappa shape index (κ2) is 7.55. The third-order valence-corrected chi connectivity index (χ3v) is 4.26. The maximum atomic E-state index is 11.4. The van der Waals surface area contributed by atoms with Gasteiger partial charge in [0, 0.05) is 18.1 Å². The molecule has 0 saturated carbocycles. The summed E-state index contributed by atoms with van der Waals surface area (Å²) >= 11 is 1.72. The molecule has 1 unspecified atom stereocenters. The van der Waals surface area contributed by atoms with Crippen LogP contribution in [0.15, 0.2) is 17.3 Å². The summed E-state index contributed by atoms with van der Waals surface area (Å²) in [6, 6.07) is 0. The quantitative estimate of drug-likeness (QED) is 0.537. The van der Waals surface area contributed by atoms with Crippen LogP contribution in [0.1, 0.15) is 33.1 Å². The number of carboxylic acid groups (broad SMARTS) is 1. The minimum atomic E-state index is -0.774. The van der Waals surface area contributed by atoms with Crippen LogP contribution in [0, 0.1) is 0 Å². The van der Waals surface area contributed by atoms with E-state index in [9.17, 15) is 9.90 Å². The first-order valence-corrected chi connectivity index (χ1v) is 7.62. The van der Waals surface area contributed by atoms with Crippen molar-refractivity contribution in [2.45, 2.75) is 43.5 Å². The van der Waals surface area contributed by atoms with E-state index in [0.717, 1.165) is 17.1 Å². The van der Waals surface area contributed by atoms with Gasteiger partial charge in [0.25, 0.3) is 0 Å². The molecular formula is C13H23N3O2S. The Labute approximate surface area is 118 Å². The van der Waals surface area contributed by atoms with Gasteiger partial charge < -0.3 is 10.4 Å². The molecule has 19 heavy (non-hydrogen) atoms. The Bertz CT molecular complexity index is 408. The van der Waals surface area contributed by atoms with E-state index in [2.05, 4.69) is 10.4 Å². The van der Waals surface area contributed by atoms with Gasteiger partial charge in [-0.25, -0.2) is 0 Å². The Balaban J connectivity index is 2.42. The molecule has 0 aliphatic rings. The summed E-state index contributed by atoms with van der Waals surface area (Å²) in [6.07, 6.45) is 5.93. The molecule has 6 heteroatoms. The number of nitrogens with zero attached hydrogens (tertiary/aromatic N) is 2. The van der Waals surface area contributed by atoms with Crippen molar-refractivity contribution in [2.75, 3.05) is 12.3 Å². The lowest BCUT2D eigenvalue weighted by Gasteiger charge is -2.29. The van der Waals surface area contributed by atoms with E-state index in [4.69, 9.17) is 0 Å². The maximum absolute atomic E-state index is 11.4. The number of aryl methyl sites for hydroxylation is 1. The van der Waals surface area contributed by atoms with Crippen LogP contribution in [0.2, 0.25) is 0 Å². The zero-order valence-electron chi connectivity index (χ0n) is 11.8. The van der Waals surface area contributed by atoms with Gasteiger partial charge in [-0.05, 0) is 31.6 Å². The number of carboxylic acids is 1. The molecule has 0 radical (unpaired) electrons. The normalized spacial score (nSPS) is 14.3. The number of carbonyl (C=O) groups is 1. The molecule has 0 fully saturated rings. The van der Waals surface area contributed by atoms with Gasteiger partial charge in [-0.3, -0.25) is 9.48 Å². The van der Waals surface area contributed by atoms with Crippen molar-refractivity contribution < 1.29 is 9.90 Å². The van der Waals surface area contributed by atoms with Crippen molar-refractivity contribution in [3.05, 3.63) is 12.4 Å². The van der Waals surface area contributed by atoms with Crippen LogP contribution in [0.25, 0.3) is 0 Å². The van der Waals surface area contributed by atoms with Crippen molar-refractivity contribution in [3.63, 3.8) is 0 Å². The SMILES string of the molecule is CCNC(CC)(CCCSc1cnn(C)c1)C(=O)O. The van der Waals surface area contributed by atoms with Gasteiger partial charge >= 0.3 is 5.97 Å². The van der Waals surface area contributed by atoms with E-state index >= 15 is 0 Å². The molecule has 0 spiro atoms. The summed E-state index contributed by atoms with van der Waals surface area (Å²) in [6.45, 7) is 4.54. The zero-order chi connectivity index (χ0) is 14.3. The molecule has 1 heterocycles. The number of likely N-dealkylation sites (N-methyl/N-ethyl adjacent to an activating group) is 1. The molecule has 0 aliphatic carbocycles. The molecule has 108 valence electrons. The lowest BCUT2D eigenvalue weighted by molar-refractivity contribution is -0.145. The fourth-order valence-corrected chi connectivity index (χ4v) is 2.97. The molecule has 0 aromatic carbocycles. The predicted octanol–water partition coefficient (Wildman–Crippen LogP) is 2.14. The maximum Gasteiger partial charge on any atom is 0.323 e. The average Bonchev–Trinajstić information content (AvgIpc) is 2.78. The molecule has 1 aromatic rings. The number of rotatable bonds is 9. The van der Waals surface area contributed by atoms with E-state index in [1.807, 2.05) is 33.3 Å². The lowest BCUT2D eigenvalue weighted by Crippen LogP contribution is -2.51. The van der Waals surface area contributed by atoms with Crippen molar-refractivity contribution in [1.82, 2.24) is 15.1 Å². The van der Waals surface area contributed by atoms with Crippen LogP contribution >= 0.6 is 11.8 Å². The van der Waals surface area contributed by atoms with Crippen LogP contribution < -0.4 is 5.32 Å². The number of hydrogen-bond donors (Lipinski definition) is 2. The minimum absolute atomic E-state index is 0.605. The predicted molar refractivity (Wildman–Crippen MR) is 77.5 cm³/mol. The van der Waals surface area contributed by atoms with Crippen molar-refractivity contribution >= 4 is 17.7 Å². The Morgan fingerprint density at radius 1 is 1.58 bits per heavy atom. The highest BCUT2D eigenvalue weighted by Crippen LogP contribution is 2.23. The molecule has 1 atom stereocenters. The lowest BCUT2D eigenvalue weighted by atomic mass is 9.91. The minimum Gasteiger partial charge on any atom is -0.480 e. The van der Waals surface area contributed by atoms with Crippen LogP contribution in [0.4, 0.5) is 0 Å². The Morgan fingerprint density at radius 3 is 2.79 bits per heavy atom. The summed E-state index contributed by atoms with van der Waals surface area (Å²) in [4.78, 5) is 12.6. The van der Waals surface area contributed by atoms with Crippen molar-refractivity contribution in [1.29, 1.82) is 0 Å².